The molecule has 0 radical (unpaired) electrons. The number of nitrogens with zero attached hydrogens (tertiary/aromatic N) is 2. The molecule has 1 aliphatic heterocycles. The predicted molar refractivity (Wildman–Crippen MR) is 106 cm³/mol. The quantitative estimate of drug-likeness (QED) is 0.747. The van der Waals surface area contributed by atoms with Crippen molar-refractivity contribution in [1.82, 2.24) is 9.88 Å². The summed E-state index contributed by atoms with van der Waals surface area (Å²) in [4.78, 5) is 42.0. The summed E-state index contributed by atoms with van der Waals surface area (Å²) in [5.41, 5.74) is 5.89. The number of hydrogen-bond acceptors (Lipinski definition) is 4. The largest absolute Gasteiger partial charge is 0.366 e. The lowest BCUT2D eigenvalue weighted by Gasteiger charge is -2.38. The Labute approximate surface area is 172 Å². The van der Waals surface area contributed by atoms with Gasteiger partial charge in [0.1, 0.15) is 0 Å². The normalized spacial score (nSPS) is 18.9. The summed E-state index contributed by atoms with van der Waals surface area (Å²) in [6.07, 6.45) is 1.29. The van der Waals surface area contributed by atoms with Crippen molar-refractivity contribution < 1.29 is 23.2 Å². The van der Waals surface area contributed by atoms with Crippen LogP contribution in [0.15, 0.2) is 42.7 Å². The number of alkyl halides is 2. The lowest BCUT2D eigenvalue weighted by molar-refractivity contribution is -0.146. The molecule has 0 aliphatic carbocycles. The molecule has 1 aliphatic rings. The number of aromatic nitrogens is 1. The van der Waals surface area contributed by atoms with Gasteiger partial charge in [-0.3, -0.25) is 19.4 Å². The summed E-state index contributed by atoms with van der Waals surface area (Å²) in [6.45, 7) is 2.29. The molecule has 3 N–H and O–H groups in total. The van der Waals surface area contributed by atoms with Gasteiger partial charge in [-0.05, 0) is 36.5 Å². The molecule has 1 aromatic heterocycles. The molecule has 0 spiro atoms. The molecule has 0 saturated carbocycles. The molecule has 2 aromatic rings. The van der Waals surface area contributed by atoms with Gasteiger partial charge in [-0.2, -0.15) is 0 Å². The zero-order chi connectivity index (χ0) is 21.8. The smallest absolute Gasteiger partial charge is 0.313 e. The standard InChI is InChI=1S/C21H22F2N4O3/c1-12-5-6-17(13-3-2-4-14(7-13)18(22)23)27(11-12)21(30)20(29)26-16-8-15(19(24)28)9-25-10-16/h2-4,7-10,12,17-18H,5-6,11H2,1H3,(H2,24,28)(H,26,29)/t12-,17+/m1/s1. The highest BCUT2D eigenvalue weighted by atomic mass is 19.3. The van der Waals surface area contributed by atoms with E-state index in [1.165, 1.54) is 41.6 Å². The Hall–Kier alpha value is -3.36. The number of nitrogens with two attached hydrogens (primary N) is 1. The summed E-state index contributed by atoms with van der Waals surface area (Å²) in [7, 11) is 0. The summed E-state index contributed by atoms with van der Waals surface area (Å²) >= 11 is 0. The third-order valence-corrected chi connectivity index (χ3v) is 5.10. The first-order valence-electron chi connectivity index (χ1n) is 9.51. The van der Waals surface area contributed by atoms with Crippen LogP contribution in [-0.2, 0) is 9.59 Å². The van der Waals surface area contributed by atoms with Gasteiger partial charge in [0.15, 0.2) is 0 Å². The Bertz CT molecular complexity index is 967. The minimum absolute atomic E-state index is 0.0912. The number of halogens is 2. The molecular weight excluding hydrogens is 394 g/mol. The van der Waals surface area contributed by atoms with E-state index in [1.54, 1.807) is 6.07 Å². The minimum Gasteiger partial charge on any atom is -0.366 e. The van der Waals surface area contributed by atoms with Gasteiger partial charge in [0, 0.05) is 18.3 Å². The molecule has 2 atom stereocenters. The zero-order valence-electron chi connectivity index (χ0n) is 16.3. The van der Waals surface area contributed by atoms with Crippen LogP contribution in [0.2, 0.25) is 0 Å². The maximum Gasteiger partial charge on any atom is 0.313 e. The fourth-order valence-corrected chi connectivity index (χ4v) is 3.58. The number of nitrogens with one attached hydrogen (secondary N) is 1. The van der Waals surface area contributed by atoms with Gasteiger partial charge in [0.25, 0.3) is 6.43 Å². The van der Waals surface area contributed by atoms with E-state index in [-0.39, 0.29) is 22.7 Å². The van der Waals surface area contributed by atoms with Crippen LogP contribution in [0.1, 0.15) is 53.7 Å². The third kappa shape index (κ3) is 4.79. The summed E-state index contributed by atoms with van der Waals surface area (Å²) in [5.74, 6) is -2.23. The first kappa shape index (κ1) is 21.4. The van der Waals surface area contributed by atoms with Crippen molar-refractivity contribution in [3.8, 4) is 0 Å². The van der Waals surface area contributed by atoms with Crippen LogP contribution in [0.25, 0.3) is 0 Å². The second-order valence-electron chi connectivity index (χ2n) is 7.41. The lowest BCUT2D eigenvalue weighted by Crippen LogP contribution is -2.46. The van der Waals surface area contributed by atoms with Crippen molar-refractivity contribution in [2.45, 2.75) is 32.2 Å². The van der Waals surface area contributed by atoms with Crippen LogP contribution in [0.4, 0.5) is 14.5 Å². The molecular formula is C21H22F2N4O3. The second-order valence-corrected chi connectivity index (χ2v) is 7.41. The molecule has 158 valence electrons. The average molecular weight is 416 g/mol. The summed E-state index contributed by atoms with van der Waals surface area (Å²) in [5, 5.41) is 2.43. The van der Waals surface area contributed by atoms with Gasteiger partial charge in [0.2, 0.25) is 5.91 Å². The van der Waals surface area contributed by atoms with Crippen LogP contribution in [-0.4, -0.2) is 34.2 Å². The summed E-state index contributed by atoms with van der Waals surface area (Å²) < 4.78 is 26.2. The highest BCUT2D eigenvalue weighted by Gasteiger charge is 2.34. The van der Waals surface area contributed by atoms with Crippen LogP contribution >= 0.6 is 0 Å². The van der Waals surface area contributed by atoms with E-state index in [9.17, 15) is 23.2 Å². The number of piperidine rings is 1. The Morgan fingerprint density at radius 3 is 2.67 bits per heavy atom. The molecule has 0 unspecified atom stereocenters. The maximum absolute atomic E-state index is 13.1. The zero-order valence-corrected chi connectivity index (χ0v) is 16.3. The third-order valence-electron chi connectivity index (χ3n) is 5.10. The number of anilines is 1. The number of hydrogen-bond donors (Lipinski definition) is 2. The van der Waals surface area contributed by atoms with Crippen LogP contribution < -0.4 is 11.1 Å². The first-order chi connectivity index (χ1) is 14.3. The van der Waals surface area contributed by atoms with Crippen LogP contribution in [0.5, 0.6) is 0 Å². The molecule has 1 saturated heterocycles. The number of amides is 3. The lowest BCUT2D eigenvalue weighted by atomic mass is 9.89. The van der Waals surface area contributed by atoms with Crippen LogP contribution in [0.3, 0.4) is 0 Å². The van der Waals surface area contributed by atoms with Gasteiger partial charge in [-0.25, -0.2) is 8.78 Å². The van der Waals surface area contributed by atoms with Crippen molar-refractivity contribution in [2.75, 3.05) is 11.9 Å². The van der Waals surface area contributed by atoms with Crippen molar-refractivity contribution in [3.05, 3.63) is 59.4 Å². The van der Waals surface area contributed by atoms with Gasteiger partial charge in [-0.1, -0.05) is 25.1 Å². The molecule has 3 rings (SSSR count). The van der Waals surface area contributed by atoms with E-state index >= 15 is 0 Å². The Morgan fingerprint density at radius 1 is 1.20 bits per heavy atom. The molecule has 9 heteroatoms. The number of rotatable bonds is 4. The first-order valence-corrected chi connectivity index (χ1v) is 9.51. The predicted octanol–water partition coefficient (Wildman–Crippen LogP) is 3.06. The van der Waals surface area contributed by atoms with E-state index in [2.05, 4.69) is 10.3 Å². The van der Waals surface area contributed by atoms with Crippen LogP contribution in [0, 0.1) is 5.92 Å². The highest BCUT2D eigenvalue weighted by Crippen LogP contribution is 2.35. The van der Waals surface area contributed by atoms with E-state index in [0.29, 0.717) is 18.5 Å². The Kier molecular flexibility index (Phi) is 6.39. The van der Waals surface area contributed by atoms with E-state index in [0.717, 1.165) is 6.42 Å². The van der Waals surface area contributed by atoms with Gasteiger partial charge < -0.3 is 16.0 Å². The van der Waals surface area contributed by atoms with E-state index in [1.807, 2.05) is 6.92 Å². The molecule has 2 heterocycles. The number of carbonyl (C=O) groups is 3. The van der Waals surface area contributed by atoms with Gasteiger partial charge in [-0.15, -0.1) is 0 Å². The number of benzene rings is 1. The van der Waals surface area contributed by atoms with Crippen molar-refractivity contribution in [3.63, 3.8) is 0 Å². The SMILES string of the molecule is C[C@@H]1CC[C@@H](c2cccc(C(F)F)c2)N(C(=O)C(=O)Nc2cncc(C(N)=O)c2)C1. The fraction of sp³-hybridized carbons (Fsp3) is 0.333. The van der Waals surface area contributed by atoms with E-state index < -0.39 is 30.2 Å². The Balaban J connectivity index is 1.82. The molecule has 1 aromatic carbocycles. The average Bonchev–Trinajstić information content (AvgIpc) is 2.73. The molecule has 1 fully saturated rings. The minimum atomic E-state index is -2.62. The van der Waals surface area contributed by atoms with E-state index in [4.69, 9.17) is 5.73 Å². The topological polar surface area (TPSA) is 105 Å². The molecule has 7 nitrogen and oxygen atoms in total. The fourth-order valence-electron chi connectivity index (χ4n) is 3.58. The van der Waals surface area contributed by atoms with Gasteiger partial charge >= 0.3 is 11.8 Å². The number of primary amides is 1. The van der Waals surface area contributed by atoms with Crippen molar-refractivity contribution in [2.24, 2.45) is 11.7 Å². The monoisotopic (exact) mass is 416 g/mol. The molecule has 30 heavy (non-hydrogen) atoms. The van der Waals surface area contributed by atoms with Gasteiger partial charge in [0.05, 0.1) is 23.5 Å². The van der Waals surface area contributed by atoms with Crippen molar-refractivity contribution in [1.29, 1.82) is 0 Å². The second kappa shape index (κ2) is 8.98. The number of carbonyl (C=O) groups excluding carboxylic acids is 3. The highest BCUT2D eigenvalue weighted by molar-refractivity contribution is 6.39. The van der Waals surface area contributed by atoms with Crippen molar-refractivity contribution >= 4 is 23.4 Å². The maximum atomic E-state index is 13.1. The molecule has 0 bridgehead atoms. The Morgan fingerprint density at radius 2 is 1.97 bits per heavy atom. The summed E-state index contributed by atoms with van der Waals surface area (Å²) in [6, 6.07) is 6.77. The number of pyridine rings is 1. The number of likely N-dealkylation sites (tertiary alicyclic amines) is 1. The molecule has 3 amide bonds.